The number of hydrogen-bond donors (Lipinski definition) is 1. The van der Waals surface area contributed by atoms with Gasteiger partial charge in [-0.2, -0.15) is 0 Å². The van der Waals surface area contributed by atoms with Crippen molar-refractivity contribution in [3.63, 3.8) is 0 Å². The van der Waals surface area contributed by atoms with Gasteiger partial charge in [0.05, 0.1) is 29.9 Å². The smallest absolute Gasteiger partial charge is 0.201 e. The van der Waals surface area contributed by atoms with Crippen LogP contribution in [0.4, 0.5) is 0 Å². The second kappa shape index (κ2) is 9.94. The van der Waals surface area contributed by atoms with E-state index in [0.29, 0.717) is 23.8 Å². The maximum atomic E-state index is 6.07. The van der Waals surface area contributed by atoms with Gasteiger partial charge in [0.15, 0.2) is 0 Å². The summed E-state index contributed by atoms with van der Waals surface area (Å²) < 4.78 is 15.9. The first kappa shape index (κ1) is 27.7. The van der Waals surface area contributed by atoms with Gasteiger partial charge < -0.3 is 19.4 Å². The minimum absolute atomic E-state index is 0.0136. The highest BCUT2D eigenvalue weighted by Gasteiger charge is 2.39. The lowest BCUT2D eigenvalue weighted by Crippen LogP contribution is -2.58. The summed E-state index contributed by atoms with van der Waals surface area (Å²) in [5.41, 5.74) is 4.75. The third-order valence-electron chi connectivity index (χ3n) is 7.49. The van der Waals surface area contributed by atoms with Crippen LogP contribution in [0.25, 0.3) is 33.5 Å². The van der Waals surface area contributed by atoms with Crippen LogP contribution in [0.3, 0.4) is 0 Å². The maximum Gasteiger partial charge on any atom is 0.201 e. The Hall–Kier alpha value is -2.89. The van der Waals surface area contributed by atoms with Crippen molar-refractivity contribution in [2.24, 2.45) is 0 Å². The minimum atomic E-state index is -1.16. The van der Waals surface area contributed by atoms with Gasteiger partial charge in [-0.1, -0.05) is 24.9 Å². The molecule has 0 atom stereocenters. The van der Waals surface area contributed by atoms with E-state index in [2.05, 4.69) is 83.8 Å². The summed E-state index contributed by atoms with van der Waals surface area (Å²) in [4.78, 5) is 4.76. The van der Waals surface area contributed by atoms with Crippen molar-refractivity contribution in [1.82, 2.24) is 40.1 Å². The molecular formula is C28H42N8O2Si. The Labute approximate surface area is 231 Å². The molecular weight excluding hydrogens is 508 g/mol. The van der Waals surface area contributed by atoms with Crippen LogP contribution in [0.1, 0.15) is 52.4 Å². The molecule has 210 valence electrons. The van der Waals surface area contributed by atoms with Gasteiger partial charge in [0.1, 0.15) is 23.8 Å². The summed E-state index contributed by atoms with van der Waals surface area (Å²) >= 11 is 0. The predicted octanol–water partition coefficient (Wildman–Crippen LogP) is 5.35. The van der Waals surface area contributed by atoms with Crippen LogP contribution in [0, 0.1) is 6.92 Å². The first-order valence-corrected chi connectivity index (χ1v) is 17.5. The van der Waals surface area contributed by atoms with Gasteiger partial charge in [-0.25, -0.2) is 9.67 Å². The molecule has 0 unspecified atom stereocenters. The number of aryl methyl sites for hydroxylation is 1. The molecule has 0 saturated carbocycles. The molecule has 4 heterocycles. The van der Waals surface area contributed by atoms with Crippen molar-refractivity contribution in [3.8, 4) is 17.0 Å². The van der Waals surface area contributed by atoms with Crippen molar-refractivity contribution in [2.75, 3.05) is 13.7 Å². The highest BCUT2D eigenvalue weighted by molar-refractivity contribution is 6.76. The average molecular weight is 551 g/mol. The van der Waals surface area contributed by atoms with Crippen LogP contribution in [0.15, 0.2) is 18.2 Å². The Morgan fingerprint density at radius 2 is 1.72 bits per heavy atom. The summed E-state index contributed by atoms with van der Waals surface area (Å²) in [5.74, 6) is 1.59. The molecule has 10 nitrogen and oxygen atoms in total. The van der Waals surface area contributed by atoms with E-state index < -0.39 is 8.07 Å². The molecule has 5 rings (SSSR count). The molecule has 1 aliphatic heterocycles. The Kier molecular flexibility index (Phi) is 7.05. The normalized spacial score (nSPS) is 17.8. The number of rotatable bonds is 8. The number of benzene rings is 1. The van der Waals surface area contributed by atoms with E-state index in [1.165, 1.54) is 0 Å². The zero-order chi connectivity index (χ0) is 28.2. The van der Waals surface area contributed by atoms with Crippen molar-refractivity contribution < 1.29 is 9.47 Å². The quantitative estimate of drug-likeness (QED) is 0.231. The molecule has 0 radical (unpaired) electrons. The van der Waals surface area contributed by atoms with E-state index in [1.807, 2.05) is 23.7 Å². The lowest BCUT2D eigenvalue weighted by molar-refractivity contribution is 0.0885. The molecule has 0 spiro atoms. The third-order valence-corrected chi connectivity index (χ3v) is 9.19. The lowest BCUT2D eigenvalue weighted by atomic mass is 9.80. The summed E-state index contributed by atoms with van der Waals surface area (Å²) in [6, 6.07) is 7.28. The van der Waals surface area contributed by atoms with Crippen LogP contribution in [0.2, 0.25) is 25.7 Å². The van der Waals surface area contributed by atoms with E-state index in [1.54, 1.807) is 7.11 Å². The monoisotopic (exact) mass is 550 g/mol. The summed E-state index contributed by atoms with van der Waals surface area (Å²) in [6.45, 7) is 19.2. The van der Waals surface area contributed by atoms with Crippen LogP contribution in [0.5, 0.6) is 5.75 Å². The van der Waals surface area contributed by atoms with Crippen molar-refractivity contribution >= 4 is 30.3 Å². The first-order valence-electron chi connectivity index (χ1n) is 13.8. The molecule has 11 heteroatoms. The van der Waals surface area contributed by atoms with E-state index in [9.17, 15) is 0 Å². The molecule has 39 heavy (non-hydrogen) atoms. The Bertz CT molecular complexity index is 1490. The zero-order valence-corrected chi connectivity index (χ0v) is 25.8. The number of imidazole rings is 1. The molecule has 1 aliphatic rings. The molecule has 1 fully saturated rings. The van der Waals surface area contributed by atoms with Gasteiger partial charge in [0.2, 0.25) is 5.65 Å². The fraction of sp³-hybridized carbons (Fsp3) is 0.607. The molecule has 0 bridgehead atoms. The minimum Gasteiger partial charge on any atom is -0.496 e. The Balaban J connectivity index is 1.48. The van der Waals surface area contributed by atoms with Crippen molar-refractivity contribution in [3.05, 3.63) is 24.0 Å². The molecule has 1 saturated heterocycles. The van der Waals surface area contributed by atoms with Gasteiger partial charge in [0, 0.05) is 37.4 Å². The zero-order valence-electron chi connectivity index (χ0n) is 24.8. The molecule has 0 amide bonds. The second-order valence-corrected chi connectivity index (χ2v) is 19.0. The molecule has 4 aromatic rings. The standard InChI is InChI=1S/C28H42N8O2Si/c1-18-29-22-14-25(37-6)20(12-24(22)35(18)17-38-10-11-39(7,8)9)21-13-23-26(32-30-21)36(34-31-23)19-15-27(2,3)33-28(4,5)16-19/h12-14,19,33H,10-11,15-17H2,1-9H3. The van der Waals surface area contributed by atoms with Gasteiger partial charge in [0.25, 0.3) is 0 Å². The first-order chi connectivity index (χ1) is 18.3. The Morgan fingerprint density at radius 3 is 2.38 bits per heavy atom. The lowest BCUT2D eigenvalue weighted by Gasteiger charge is -2.46. The van der Waals surface area contributed by atoms with E-state index in [-0.39, 0.29) is 17.1 Å². The maximum absolute atomic E-state index is 6.07. The predicted molar refractivity (Wildman–Crippen MR) is 157 cm³/mol. The summed E-state index contributed by atoms with van der Waals surface area (Å²) in [7, 11) is 0.507. The molecule has 0 aliphatic carbocycles. The van der Waals surface area contributed by atoms with Crippen LogP contribution in [-0.4, -0.2) is 67.6 Å². The van der Waals surface area contributed by atoms with E-state index in [4.69, 9.17) is 14.5 Å². The van der Waals surface area contributed by atoms with Crippen LogP contribution >= 0.6 is 0 Å². The molecule has 1 N–H and O–H groups in total. The summed E-state index contributed by atoms with van der Waals surface area (Å²) in [5, 5.41) is 22.0. The average Bonchev–Trinajstić information content (AvgIpc) is 3.38. The number of hydrogen-bond acceptors (Lipinski definition) is 8. The van der Waals surface area contributed by atoms with Gasteiger partial charge >= 0.3 is 0 Å². The van der Waals surface area contributed by atoms with Crippen molar-refractivity contribution in [1.29, 1.82) is 0 Å². The number of nitrogens with zero attached hydrogens (tertiary/aromatic N) is 7. The number of fused-ring (bicyclic) bond motifs is 2. The number of aromatic nitrogens is 7. The van der Waals surface area contributed by atoms with Gasteiger partial charge in [-0.15, -0.1) is 15.3 Å². The number of piperidine rings is 1. The number of nitrogens with one attached hydrogen (secondary N) is 1. The van der Waals surface area contributed by atoms with Gasteiger partial charge in [-0.3, -0.25) is 0 Å². The molecule has 1 aromatic carbocycles. The number of methoxy groups -OCH3 is 1. The fourth-order valence-electron chi connectivity index (χ4n) is 5.91. The third kappa shape index (κ3) is 5.85. The highest BCUT2D eigenvalue weighted by atomic mass is 28.3. The van der Waals surface area contributed by atoms with E-state index in [0.717, 1.165) is 53.4 Å². The second-order valence-electron chi connectivity index (χ2n) is 13.4. The van der Waals surface area contributed by atoms with Crippen LogP contribution in [-0.2, 0) is 11.5 Å². The topological polar surface area (TPSA) is 105 Å². The van der Waals surface area contributed by atoms with Crippen molar-refractivity contribution in [2.45, 2.75) is 97.0 Å². The summed E-state index contributed by atoms with van der Waals surface area (Å²) in [6.07, 6.45) is 1.87. The fourth-order valence-corrected chi connectivity index (χ4v) is 6.67. The SMILES string of the molecule is COc1cc2nc(C)n(COCC[Si](C)(C)C)c2cc1-c1cc2nnn(C3CC(C)(C)NC(C)(C)C3)c2nn1. The largest absolute Gasteiger partial charge is 0.496 e. The van der Waals surface area contributed by atoms with E-state index >= 15 is 0 Å². The van der Waals surface area contributed by atoms with Gasteiger partial charge in [-0.05, 0) is 65.6 Å². The molecule has 3 aromatic heterocycles. The van der Waals surface area contributed by atoms with Crippen LogP contribution < -0.4 is 10.1 Å². The number of ether oxygens (including phenoxy) is 2. The highest BCUT2D eigenvalue weighted by Crippen LogP contribution is 2.38. The Morgan fingerprint density at radius 1 is 1.00 bits per heavy atom.